The van der Waals surface area contributed by atoms with Crippen molar-refractivity contribution in [3.05, 3.63) is 29.3 Å². The zero-order valence-electron chi connectivity index (χ0n) is 11.9. The van der Waals surface area contributed by atoms with Gasteiger partial charge in [-0.25, -0.2) is 13.1 Å². The molecule has 3 N–H and O–H groups in total. The molecule has 0 aliphatic carbocycles. The third-order valence-corrected chi connectivity index (χ3v) is 4.63. The first-order valence-corrected chi connectivity index (χ1v) is 8.14. The van der Waals surface area contributed by atoms with Gasteiger partial charge in [0.05, 0.1) is 4.90 Å². The molecule has 0 aliphatic heterocycles. The van der Waals surface area contributed by atoms with Crippen molar-refractivity contribution >= 4 is 10.0 Å². The fourth-order valence-corrected chi connectivity index (χ4v) is 3.22. The largest absolute Gasteiger partial charge is 0.326 e. The van der Waals surface area contributed by atoms with Crippen molar-refractivity contribution in [3.63, 3.8) is 0 Å². The Labute approximate surface area is 116 Å². The molecule has 1 aromatic carbocycles. The quantitative estimate of drug-likeness (QED) is 0.754. The molecule has 0 saturated heterocycles. The molecule has 0 saturated carbocycles. The van der Waals surface area contributed by atoms with Gasteiger partial charge in [-0.05, 0) is 42.9 Å². The second-order valence-electron chi connectivity index (χ2n) is 5.24. The summed E-state index contributed by atoms with van der Waals surface area (Å²) in [6.07, 6.45) is 1.87. The molecule has 19 heavy (non-hydrogen) atoms. The lowest BCUT2D eigenvalue weighted by atomic mass is 10.1. The molecular formula is C14H24N2O2S. The summed E-state index contributed by atoms with van der Waals surface area (Å²) >= 11 is 0. The van der Waals surface area contributed by atoms with Gasteiger partial charge in [-0.3, -0.25) is 0 Å². The molecule has 0 fully saturated rings. The maximum Gasteiger partial charge on any atom is 0.240 e. The first kappa shape index (κ1) is 16.1. The van der Waals surface area contributed by atoms with Crippen LogP contribution in [0.25, 0.3) is 0 Å². The third kappa shape index (κ3) is 4.93. The van der Waals surface area contributed by atoms with Crippen LogP contribution in [0.15, 0.2) is 23.1 Å². The topological polar surface area (TPSA) is 72.2 Å². The minimum atomic E-state index is -3.43. The van der Waals surface area contributed by atoms with Crippen LogP contribution in [-0.2, 0) is 16.6 Å². The normalized spacial score (nSPS) is 12.1. The van der Waals surface area contributed by atoms with Gasteiger partial charge in [0.15, 0.2) is 0 Å². The van der Waals surface area contributed by atoms with Crippen molar-refractivity contribution < 1.29 is 8.42 Å². The molecule has 0 aromatic heterocycles. The molecule has 108 valence electrons. The van der Waals surface area contributed by atoms with Crippen LogP contribution < -0.4 is 10.5 Å². The van der Waals surface area contributed by atoms with Crippen LogP contribution in [-0.4, -0.2) is 15.0 Å². The first-order valence-electron chi connectivity index (χ1n) is 6.66. The van der Waals surface area contributed by atoms with Crippen molar-refractivity contribution in [1.29, 1.82) is 0 Å². The predicted octanol–water partition coefficient (Wildman–Crippen LogP) is 2.17. The van der Waals surface area contributed by atoms with Crippen LogP contribution in [0.3, 0.4) is 0 Å². The number of nitrogens with one attached hydrogen (secondary N) is 1. The second-order valence-corrected chi connectivity index (χ2v) is 6.97. The molecule has 4 nitrogen and oxygen atoms in total. The van der Waals surface area contributed by atoms with E-state index in [1.807, 2.05) is 6.07 Å². The summed E-state index contributed by atoms with van der Waals surface area (Å²) < 4.78 is 27.1. The SMILES string of the molecule is Cc1ccc(CN)cc1S(=O)(=O)NCCCC(C)C. The van der Waals surface area contributed by atoms with E-state index in [1.165, 1.54) is 0 Å². The summed E-state index contributed by atoms with van der Waals surface area (Å²) in [6.45, 7) is 6.87. The predicted molar refractivity (Wildman–Crippen MR) is 78.3 cm³/mol. The van der Waals surface area contributed by atoms with Gasteiger partial charge in [0.2, 0.25) is 10.0 Å². The van der Waals surface area contributed by atoms with Gasteiger partial charge in [0, 0.05) is 13.1 Å². The first-order chi connectivity index (χ1) is 8.86. The standard InChI is InChI=1S/C14H24N2O2S/c1-11(2)5-4-8-16-19(17,18)14-9-13(10-15)7-6-12(14)3/h6-7,9,11,16H,4-5,8,10,15H2,1-3H3. The molecule has 0 heterocycles. The molecule has 5 heteroatoms. The van der Waals surface area contributed by atoms with Gasteiger partial charge in [0.25, 0.3) is 0 Å². The number of hydrogen-bond donors (Lipinski definition) is 2. The van der Waals surface area contributed by atoms with E-state index in [9.17, 15) is 8.42 Å². The maximum atomic E-state index is 12.2. The van der Waals surface area contributed by atoms with Crippen molar-refractivity contribution in [2.24, 2.45) is 11.7 Å². The summed E-state index contributed by atoms with van der Waals surface area (Å²) in [5.41, 5.74) is 7.12. The molecule has 0 amide bonds. The fraction of sp³-hybridized carbons (Fsp3) is 0.571. The van der Waals surface area contributed by atoms with Crippen LogP contribution in [0.4, 0.5) is 0 Å². The number of hydrogen-bond acceptors (Lipinski definition) is 3. The van der Waals surface area contributed by atoms with E-state index in [4.69, 9.17) is 5.73 Å². The monoisotopic (exact) mass is 284 g/mol. The van der Waals surface area contributed by atoms with E-state index >= 15 is 0 Å². The minimum Gasteiger partial charge on any atom is -0.326 e. The Hall–Kier alpha value is -0.910. The molecule has 0 unspecified atom stereocenters. The number of aryl methyl sites for hydroxylation is 1. The van der Waals surface area contributed by atoms with E-state index < -0.39 is 10.0 Å². The molecule has 1 rings (SSSR count). The summed E-state index contributed by atoms with van der Waals surface area (Å²) in [4.78, 5) is 0.333. The van der Waals surface area contributed by atoms with Crippen LogP contribution in [0.5, 0.6) is 0 Å². The molecule has 0 radical (unpaired) electrons. The summed E-state index contributed by atoms with van der Waals surface area (Å²) in [6, 6.07) is 5.30. The van der Waals surface area contributed by atoms with E-state index in [1.54, 1.807) is 19.1 Å². The highest BCUT2D eigenvalue weighted by Gasteiger charge is 2.16. The zero-order chi connectivity index (χ0) is 14.5. The third-order valence-electron chi connectivity index (χ3n) is 3.03. The average molecular weight is 284 g/mol. The highest BCUT2D eigenvalue weighted by Crippen LogP contribution is 2.17. The van der Waals surface area contributed by atoms with Crippen molar-refractivity contribution in [2.75, 3.05) is 6.54 Å². The number of sulfonamides is 1. The Kier molecular flexibility index (Phi) is 5.97. The smallest absolute Gasteiger partial charge is 0.240 e. The number of nitrogens with two attached hydrogens (primary N) is 1. The van der Waals surface area contributed by atoms with Crippen LogP contribution in [0, 0.1) is 12.8 Å². The molecule has 0 atom stereocenters. The Morgan fingerprint density at radius 2 is 2.00 bits per heavy atom. The molecular weight excluding hydrogens is 260 g/mol. The number of rotatable bonds is 7. The second kappa shape index (κ2) is 7.03. The van der Waals surface area contributed by atoms with E-state index in [2.05, 4.69) is 18.6 Å². The van der Waals surface area contributed by atoms with Gasteiger partial charge in [-0.2, -0.15) is 0 Å². The molecule has 0 aliphatic rings. The Morgan fingerprint density at radius 1 is 1.32 bits per heavy atom. The fourth-order valence-electron chi connectivity index (χ4n) is 1.86. The Morgan fingerprint density at radius 3 is 2.58 bits per heavy atom. The zero-order valence-corrected chi connectivity index (χ0v) is 12.8. The summed E-state index contributed by atoms with van der Waals surface area (Å²) in [5, 5.41) is 0. The maximum absolute atomic E-state index is 12.2. The lowest BCUT2D eigenvalue weighted by Crippen LogP contribution is -2.26. The van der Waals surface area contributed by atoms with Gasteiger partial charge in [-0.1, -0.05) is 26.0 Å². The average Bonchev–Trinajstić information content (AvgIpc) is 2.35. The van der Waals surface area contributed by atoms with Crippen molar-refractivity contribution in [1.82, 2.24) is 4.72 Å². The summed E-state index contributed by atoms with van der Waals surface area (Å²) in [5.74, 6) is 0.590. The van der Waals surface area contributed by atoms with Crippen LogP contribution in [0.1, 0.15) is 37.8 Å². The highest BCUT2D eigenvalue weighted by molar-refractivity contribution is 7.89. The molecule has 0 bridgehead atoms. The van der Waals surface area contributed by atoms with E-state index in [0.29, 0.717) is 23.9 Å². The van der Waals surface area contributed by atoms with Crippen LogP contribution >= 0.6 is 0 Å². The van der Waals surface area contributed by atoms with Crippen molar-refractivity contribution in [3.8, 4) is 0 Å². The lowest BCUT2D eigenvalue weighted by Gasteiger charge is -2.11. The molecule has 1 aromatic rings. The van der Waals surface area contributed by atoms with Gasteiger partial charge < -0.3 is 5.73 Å². The van der Waals surface area contributed by atoms with Gasteiger partial charge in [0.1, 0.15) is 0 Å². The lowest BCUT2D eigenvalue weighted by molar-refractivity contribution is 0.539. The van der Waals surface area contributed by atoms with Gasteiger partial charge in [-0.15, -0.1) is 0 Å². The minimum absolute atomic E-state index is 0.333. The van der Waals surface area contributed by atoms with E-state index in [0.717, 1.165) is 24.0 Å². The highest BCUT2D eigenvalue weighted by atomic mass is 32.2. The van der Waals surface area contributed by atoms with Gasteiger partial charge >= 0.3 is 0 Å². The Bertz CT molecular complexity index is 510. The molecule has 0 spiro atoms. The summed E-state index contributed by atoms with van der Waals surface area (Å²) in [7, 11) is -3.43. The number of benzene rings is 1. The van der Waals surface area contributed by atoms with Crippen molar-refractivity contribution in [2.45, 2.75) is 45.1 Å². The Balaban J connectivity index is 2.77. The van der Waals surface area contributed by atoms with E-state index in [-0.39, 0.29) is 0 Å². The van der Waals surface area contributed by atoms with Crippen LogP contribution in [0.2, 0.25) is 0 Å².